The molecule has 0 saturated carbocycles. The quantitative estimate of drug-likeness (QED) is 0.364. The number of fused-ring (bicyclic) bond motifs is 1. The van der Waals surface area contributed by atoms with Crippen molar-refractivity contribution >= 4 is 49.0 Å². The minimum absolute atomic E-state index is 0.0281. The van der Waals surface area contributed by atoms with Crippen molar-refractivity contribution in [2.45, 2.75) is 23.8 Å². The van der Waals surface area contributed by atoms with Crippen LogP contribution >= 0.6 is 27.5 Å². The highest BCUT2D eigenvalue weighted by molar-refractivity contribution is 9.10. The first-order chi connectivity index (χ1) is 16.9. The predicted molar refractivity (Wildman–Crippen MR) is 138 cm³/mol. The van der Waals surface area contributed by atoms with E-state index < -0.39 is 10.0 Å². The number of hydrogen-bond acceptors (Lipinski definition) is 6. The van der Waals surface area contributed by atoms with Gasteiger partial charge in [0.1, 0.15) is 11.9 Å². The third-order valence-corrected chi connectivity index (χ3v) is 8.86. The first kappa shape index (κ1) is 23.8. The average Bonchev–Trinajstić information content (AvgIpc) is 3.25. The van der Waals surface area contributed by atoms with Crippen LogP contribution in [0.2, 0.25) is 5.02 Å². The summed E-state index contributed by atoms with van der Waals surface area (Å²) in [6.45, 7) is 0.683. The van der Waals surface area contributed by atoms with Crippen LogP contribution in [0.1, 0.15) is 18.4 Å². The number of nitrogens with zero attached hydrogens (tertiary/aromatic N) is 5. The van der Waals surface area contributed by atoms with Crippen molar-refractivity contribution in [1.29, 1.82) is 5.26 Å². The van der Waals surface area contributed by atoms with E-state index in [9.17, 15) is 13.7 Å². The van der Waals surface area contributed by atoms with Gasteiger partial charge in [-0.05, 0) is 47.0 Å². The Morgan fingerprint density at radius 1 is 1.11 bits per heavy atom. The molecule has 2 aromatic heterocycles. The Bertz CT molecular complexity index is 1560. The molecule has 0 aliphatic carbocycles. The summed E-state index contributed by atoms with van der Waals surface area (Å²) in [5.74, 6) is 0.742. The molecule has 0 atom stereocenters. The number of hydrogen-bond donors (Lipinski definition) is 1. The standard InChI is InChI=1S/C24H20BrClN6O2S/c25-19-15-28-32-23(13-21(30-24(19)32)18-6-2-3-7-20(18)26)29-17-9-11-31(12-10-17)35(33,34)22-8-4-1-5-16(22)14-27/h1-8,13,15,17,29H,9-12H2. The average molecular weight is 572 g/mol. The second kappa shape index (κ2) is 9.59. The predicted octanol–water partition coefficient (Wildman–Crippen LogP) is 4.95. The molecule has 1 fully saturated rings. The molecule has 0 radical (unpaired) electrons. The van der Waals surface area contributed by atoms with Gasteiger partial charge in [0, 0.05) is 35.8 Å². The molecule has 1 N–H and O–H groups in total. The fourth-order valence-corrected chi connectivity index (χ4v) is 6.41. The first-order valence-corrected chi connectivity index (χ1v) is 13.5. The maximum Gasteiger partial charge on any atom is 0.244 e. The third-order valence-electron chi connectivity index (χ3n) is 6.01. The van der Waals surface area contributed by atoms with Crippen LogP contribution < -0.4 is 5.32 Å². The zero-order valence-electron chi connectivity index (χ0n) is 18.4. The summed E-state index contributed by atoms with van der Waals surface area (Å²) < 4.78 is 30.2. The minimum atomic E-state index is -3.75. The van der Waals surface area contributed by atoms with E-state index in [2.05, 4.69) is 26.3 Å². The van der Waals surface area contributed by atoms with Crippen molar-refractivity contribution in [2.24, 2.45) is 0 Å². The summed E-state index contributed by atoms with van der Waals surface area (Å²) >= 11 is 9.93. The van der Waals surface area contributed by atoms with Crippen LogP contribution in [0, 0.1) is 11.3 Å². The lowest BCUT2D eigenvalue weighted by atomic mass is 10.1. The van der Waals surface area contributed by atoms with Gasteiger partial charge >= 0.3 is 0 Å². The number of aromatic nitrogens is 3. The number of sulfonamides is 1. The molecule has 4 aromatic rings. The Morgan fingerprint density at radius 3 is 2.57 bits per heavy atom. The Balaban J connectivity index is 1.39. The van der Waals surface area contributed by atoms with E-state index in [1.165, 1.54) is 16.4 Å². The summed E-state index contributed by atoms with van der Waals surface area (Å²) in [6, 6.07) is 17.7. The summed E-state index contributed by atoms with van der Waals surface area (Å²) in [7, 11) is -3.75. The molecule has 0 amide bonds. The maximum absolute atomic E-state index is 13.2. The second-order valence-corrected chi connectivity index (χ2v) is 11.3. The van der Waals surface area contributed by atoms with Gasteiger partial charge in [-0.2, -0.15) is 19.2 Å². The SMILES string of the molecule is N#Cc1ccccc1S(=O)(=O)N1CCC(Nc2cc(-c3ccccc3Cl)nc3c(Br)cnn23)CC1. The lowest BCUT2D eigenvalue weighted by Crippen LogP contribution is -2.42. The van der Waals surface area contributed by atoms with E-state index in [-0.39, 0.29) is 16.5 Å². The van der Waals surface area contributed by atoms with Gasteiger partial charge in [-0.25, -0.2) is 13.4 Å². The van der Waals surface area contributed by atoms with Gasteiger partial charge in [-0.1, -0.05) is 41.9 Å². The van der Waals surface area contributed by atoms with E-state index >= 15 is 0 Å². The molecule has 5 rings (SSSR count). The van der Waals surface area contributed by atoms with Crippen LogP contribution in [0.4, 0.5) is 5.82 Å². The number of piperidine rings is 1. The number of nitrogens with one attached hydrogen (secondary N) is 1. The Hall–Kier alpha value is -2.97. The highest BCUT2D eigenvalue weighted by atomic mass is 79.9. The molecular formula is C24H20BrClN6O2S. The Labute approximate surface area is 216 Å². The number of halogens is 2. The molecule has 2 aromatic carbocycles. The van der Waals surface area contributed by atoms with Crippen LogP contribution in [0.3, 0.4) is 0 Å². The topological polar surface area (TPSA) is 103 Å². The van der Waals surface area contributed by atoms with Crippen molar-refractivity contribution in [3.8, 4) is 17.3 Å². The number of benzene rings is 2. The van der Waals surface area contributed by atoms with Crippen LogP contribution in [-0.4, -0.2) is 46.5 Å². The Kier molecular flexibility index (Phi) is 6.51. The van der Waals surface area contributed by atoms with E-state index in [0.717, 1.165) is 15.9 Å². The van der Waals surface area contributed by atoms with Crippen LogP contribution in [-0.2, 0) is 10.0 Å². The van der Waals surface area contributed by atoms with Crippen molar-refractivity contribution in [3.63, 3.8) is 0 Å². The molecular weight excluding hydrogens is 552 g/mol. The van der Waals surface area contributed by atoms with E-state index in [1.807, 2.05) is 36.4 Å². The number of nitriles is 1. The van der Waals surface area contributed by atoms with Crippen molar-refractivity contribution in [1.82, 2.24) is 18.9 Å². The van der Waals surface area contributed by atoms with Gasteiger partial charge in [0.2, 0.25) is 10.0 Å². The molecule has 8 nitrogen and oxygen atoms in total. The zero-order chi connectivity index (χ0) is 24.6. The van der Waals surface area contributed by atoms with Crippen molar-refractivity contribution in [2.75, 3.05) is 18.4 Å². The highest BCUT2D eigenvalue weighted by Gasteiger charge is 2.31. The van der Waals surface area contributed by atoms with Crippen LogP contribution in [0.5, 0.6) is 0 Å². The second-order valence-electron chi connectivity index (χ2n) is 8.17. The molecule has 1 saturated heterocycles. The fourth-order valence-electron chi connectivity index (χ4n) is 4.22. The molecule has 0 spiro atoms. The van der Waals surface area contributed by atoms with Gasteiger partial charge in [0.05, 0.1) is 26.8 Å². The summed E-state index contributed by atoms with van der Waals surface area (Å²) in [5, 5.41) is 17.9. The lowest BCUT2D eigenvalue weighted by Gasteiger charge is -2.32. The molecule has 1 aliphatic heterocycles. The van der Waals surface area contributed by atoms with E-state index in [4.69, 9.17) is 16.6 Å². The van der Waals surface area contributed by atoms with Crippen molar-refractivity contribution in [3.05, 3.63) is 75.9 Å². The van der Waals surface area contributed by atoms with Crippen LogP contribution in [0.25, 0.3) is 16.9 Å². The summed E-state index contributed by atoms with van der Waals surface area (Å²) in [5.41, 5.74) is 2.33. The van der Waals surface area contributed by atoms with E-state index in [0.29, 0.717) is 42.3 Å². The van der Waals surface area contributed by atoms with Gasteiger partial charge in [0.25, 0.3) is 0 Å². The Morgan fingerprint density at radius 2 is 1.83 bits per heavy atom. The van der Waals surface area contributed by atoms with Gasteiger partial charge < -0.3 is 5.32 Å². The molecule has 1 aliphatic rings. The third kappa shape index (κ3) is 4.52. The van der Waals surface area contributed by atoms with E-state index in [1.54, 1.807) is 22.8 Å². The molecule has 0 bridgehead atoms. The van der Waals surface area contributed by atoms with Crippen LogP contribution in [0.15, 0.2) is 70.2 Å². The molecule has 35 heavy (non-hydrogen) atoms. The molecule has 0 unspecified atom stereocenters. The lowest BCUT2D eigenvalue weighted by molar-refractivity contribution is 0.329. The van der Waals surface area contributed by atoms with Gasteiger partial charge in [-0.3, -0.25) is 0 Å². The molecule has 11 heteroatoms. The smallest absolute Gasteiger partial charge is 0.244 e. The zero-order valence-corrected chi connectivity index (χ0v) is 21.6. The normalized spacial score (nSPS) is 15.2. The highest BCUT2D eigenvalue weighted by Crippen LogP contribution is 2.31. The first-order valence-electron chi connectivity index (χ1n) is 10.9. The number of anilines is 1. The monoisotopic (exact) mass is 570 g/mol. The molecule has 3 heterocycles. The minimum Gasteiger partial charge on any atom is -0.367 e. The van der Waals surface area contributed by atoms with Crippen molar-refractivity contribution < 1.29 is 8.42 Å². The van der Waals surface area contributed by atoms with Gasteiger partial charge in [0.15, 0.2) is 5.65 Å². The molecule has 178 valence electrons. The summed E-state index contributed by atoms with van der Waals surface area (Å²) in [4.78, 5) is 4.78. The summed E-state index contributed by atoms with van der Waals surface area (Å²) in [6.07, 6.45) is 2.88. The largest absolute Gasteiger partial charge is 0.367 e. The van der Waals surface area contributed by atoms with Gasteiger partial charge in [-0.15, -0.1) is 0 Å². The maximum atomic E-state index is 13.2. The number of rotatable bonds is 5. The fraction of sp³-hybridized carbons (Fsp3) is 0.208.